The molecule has 0 fully saturated rings. The number of carbonyl (C=O) groups excluding carboxylic acids is 2. The molecule has 0 saturated carbocycles. The van der Waals surface area contributed by atoms with Crippen molar-refractivity contribution < 1.29 is 9.59 Å². The SMILES string of the molecule is C=CCn1c(SCC(=O)c2[nH]c(C)c(C(C)=O)c2C)nnc1-c1ccc(Br)cc1. The number of nitrogens with zero attached hydrogens (tertiary/aromatic N) is 3. The minimum atomic E-state index is -0.0820. The van der Waals surface area contributed by atoms with Crippen LogP contribution in [0.3, 0.4) is 0 Å². The van der Waals surface area contributed by atoms with Gasteiger partial charge in [0.15, 0.2) is 22.5 Å². The summed E-state index contributed by atoms with van der Waals surface area (Å²) in [5.74, 6) is 0.778. The number of hydrogen-bond donors (Lipinski definition) is 1. The molecule has 1 N–H and O–H groups in total. The second-order valence-corrected chi connectivity index (χ2v) is 8.46. The predicted molar refractivity (Wildman–Crippen MR) is 119 cm³/mol. The molecule has 29 heavy (non-hydrogen) atoms. The molecule has 0 aliphatic rings. The van der Waals surface area contributed by atoms with E-state index >= 15 is 0 Å². The number of H-pyrrole nitrogens is 1. The highest BCUT2D eigenvalue weighted by Crippen LogP contribution is 2.27. The number of allylic oxidation sites excluding steroid dienone is 1. The summed E-state index contributed by atoms with van der Waals surface area (Å²) in [4.78, 5) is 27.6. The van der Waals surface area contributed by atoms with E-state index in [0.717, 1.165) is 21.6 Å². The van der Waals surface area contributed by atoms with E-state index in [-0.39, 0.29) is 17.3 Å². The van der Waals surface area contributed by atoms with Crippen LogP contribution >= 0.6 is 27.7 Å². The van der Waals surface area contributed by atoms with Crippen molar-refractivity contribution in [3.63, 3.8) is 0 Å². The zero-order valence-electron chi connectivity index (χ0n) is 16.5. The Morgan fingerprint density at radius 2 is 1.93 bits per heavy atom. The van der Waals surface area contributed by atoms with Crippen LogP contribution in [-0.2, 0) is 6.54 Å². The van der Waals surface area contributed by atoms with Crippen LogP contribution in [0.5, 0.6) is 0 Å². The van der Waals surface area contributed by atoms with Crippen LogP contribution in [0.25, 0.3) is 11.4 Å². The standard InChI is InChI=1S/C21H21BrN4O2S/c1-5-10-26-20(15-6-8-16(22)9-7-15)24-25-21(26)29-11-17(28)19-12(2)18(14(4)27)13(3)23-19/h5-9,23H,1,10-11H2,2-4H3. The minimum Gasteiger partial charge on any atom is -0.355 e. The second kappa shape index (κ2) is 8.92. The third-order valence-electron chi connectivity index (χ3n) is 4.53. The van der Waals surface area contributed by atoms with Gasteiger partial charge in [-0.3, -0.25) is 14.2 Å². The Morgan fingerprint density at radius 1 is 1.24 bits per heavy atom. The van der Waals surface area contributed by atoms with Crippen molar-refractivity contribution in [2.75, 3.05) is 5.75 Å². The fourth-order valence-electron chi connectivity index (χ4n) is 3.26. The number of aromatic nitrogens is 4. The van der Waals surface area contributed by atoms with Gasteiger partial charge in [-0.1, -0.05) is 45.9 Å². The maximum atomic E-state index is 12.8. The zero-order valence-corrected chi connectivity index (χ0v) is 18.9. The molecule has 2 heterocycles. The summed E-state index contributed by atoms with van der Waals surface area (Å²) >= 11 is 4.75. The van der Waals surface area contributed by atoms with Crippen molar-refractivity contribution in [1.82, 2.24) is 19.7 Å². The molecule has 0 aliphatic heterocycles. The number of aryl methyl sites for hydroxylation is 1. The third-order valence-corrected chi connectivity index (χ3v) is 6.03. The number of hydrogen-bond acceptors (Lipinski definition) is 5. The number of thioether (sulfide) groups is 1. The molecule has 0 atom stereocenters. The third kappa shape index (κ3) is 4.43. The number of rotatable bonds is 8. The van der Waals surface area contributed by atoms with Gasteiger partial charge in [0.25, 0.3) is 0 Å². The normalized spacial score (nSPS) is 10.9. The first-order valence-corrected chi connectivity index (χ1v) is 10.8. The van der Waals surface area contributed by atoms with Gasteiger partial charge in [-0.2, -0.15) is 0 Å². The van der Waals surface area contributed by atoms with E-state index in [0.29, 0.717) is 28.5 Å². The number of halogens is 1. The maximum Gasteiger partial charge on any atom is 0.192 e. The lowest BCUT2D eigenvalue weighted by Gasteiger charge is -2.08. The van der Waals surface area contributed by atoms with Gasteiger partial charge in [-0.15, -0.1) is 16.8 Å². The summed E-state index contributed by atoms with van der Waals surface area (Å²) in [5, 5.41) is 9.22. The van der Waals surface area contributed by atoms with E-state index in [4.69, 9.17) is 0 Å². The molecule has 2 aromatic heterocycles. The average molecular weight is 473 g/mol. The smallest absolute Gasteiger partial charge is 0.192 e. The number of aromatic amines is 1. The molecule has 3 rings (SSSR count). The highest BCUT2D eigenvalue weighted by atomic mass is 79.9. The predicted octanol–water partition coefficient (Wildman–Crippen LogP) is 5.02. The fourth-order valence-corrected chi connectivity index (χ4v) is 4.35. The van der Waals surface area contributed by atoms with Crippen LogP contribution in [0, 0.1) is 13.8 Å². The molecule has 8 heteroatoms. The van der Waals surface area contributed by atoms with Gasteiger partial charge in [0.1, 0.15) is 0 Å². The molecule has 0 bridgehead atoms. The molecule has 0 unspecified atom stereocenters. The Hall–Kier alpha value is -2.45. The summed E-state index contributed by atoms with van der Waals surface area (Å²) < 4.78 is 2.92. The summed E-state index contributed by atoms with van der Waals surface area (Å²) in [7, 11) is 0. The monoisotopic (exact) mass is 472 g/mol. The molecule has 6 nitrogen and oxygen atoms in total. The van der Waals surface area contributed by atoms with Crippen molar-refractivity contribution in [1.29, 1.82) is 0 Å². The summed E-state index contributed by atoms with van der Waals surface area (Å²) in [5.41, 5.74) is 3.41. The Balaban J connectivity index is 1.83. The van der Waals surface area contributed by atoms with E-state index in [1.165, 1.54) is 18.7 Å². The number of carbonyl (C=O) groups is 2. The first-order valence-electron chi connectivity index (χ1n) is 8.99. The number of benzene rings is 1. The van der Waals surface area contributed by atoms with E-state index in [1.54, 1.807) is 19.9 Å². The minimum absolute atomic E-state index is 0.0483. The molecule has 0 aliphatic carbocycles. The molecule has 0 spiro atoms. The van der Waals surface area contributed by atoms with Crippen molar-refractivity contribution in [3.8, 4) is 11.4 Å². The number of nitrogens with one attached hydrogen (secondary N) is 1. The van der Waals surface area contributed by atoms with Gasteiger partial charge in [-0.25, -0.2) is 0 Å². The van der Waals surface area contributed by atoms with Crippen molar-refractivity contribution >= 4 is 39.3 Å². The Labute approximate surface area is 181 Å². The zero-order chi connectivity index (χ0) is 21.1. The van der Waals surface area contributed by atoms with E-state index < -0.39 is 0 Å². The molecule has 0 amide bonds. The van der Waals surface area contributed by atoms with E-state index in [9.17, 15) is 9.59 Å². The fraction of sp³-hybridized carbons (Fsp3) is 0.238. The van der Waals surface area contributed by atoms with Crippen molar-refractivity contribution in [2.45, 2.75) is 32.5 Å². The van der Waals surface area contributed by atoms with Crippen molar-refractivity contribution in [3.05, 3.63) is 63.9 Å². The van der Waals surface area contributed by atoms with Crippen LogP contribution in [0.4, 0.5) is 0 Å². The van der Waals surface area contributed by atoms with Gasteiger partial charge in [-0.05, 0) is 38.5 Å². The number of ketones is 2. The summed E-state index contributed by atoms with van der Waals surface area (Å²) in [6.45, 7) is 9.45. The van der Waals surface area contributed by atoms with Gasteiger partial charge in [0, 0.05) is 27.8 Å². The maximum absolute atomic E-state index is 12.8. The highest BCUT2D eigenvalue weighted by Gasteiger charge is 2.21. The largest absolute Gasteiger partial charge is 0.355 e. The molecule has 0 radical (unpaired) electrons. The number of Topliss-reactive ketones (excluding diaryl/α,β-unsaturated/α-hetero) is 2. The topological polar surface area (TPSA) is 80.6 Å². The Morgan fingerprint density at radius 3 is 2.52 bits per heavy atom. The van der Waals surface area contributed by atoms with Gasteiger partial charge < -0.3 is 4.98 Å². The van der Waals surface area contributed by atoms with Crippen LogP contribution in [0.2, 0.25) is 0 Å². The second-order valence-electron chi connectivity index (χ2n) is 6.61. The lowest BCUT2D eigenvalue weighted by atomic mass is 10.1. The molecule has 3 aromatic rings. The summed E-state index contributed by atoms with van der Waals surface area (Å²) in [6.07, 6.45) is 1.77. The van der Waals surface area contributed by atoms with Gasteiger partial charge in [0.2, 0.25) is 0 Å². The van der Waals surface area contributed by atoms with Gasteiger partial charge >= 0.3 is 0 Å². The van der Waals surface area contributed by atoms with Gasteiger partial charge in [0.05, 0.1) is 11.4 Å². The van der Waals surface area contributed by atoms with Crippen LogP contribution in [0.15, 0.2) is 46.5 Å². The molecule has 150 valence electrons. The molecule has 0 saturated heterocycles. The Bertz CT molecular complexity index is 1080. The lowest BCUT2D eigenvalue weighted by molar-refractivity contribution is 0.101. The first-order chi connectivity index (χ1) is 13.8. The van der Waals surface area contributed by atoms with Crippen LogP contribution in [-0.4, -0.2) is 37.1 Å². The quantitative estimate of drug-likeness (QED) is 0.283. The summed E-state index contributed by atoms with van der Waals surface area (Å²) in [6, 6.07) is 7.81. The lowest BCUT2D eigenvalue weighted by Crippen LogP contribution is -2.07. The van der Waals surface area contributed by atoms with Crippen molar-refractivity contribution in [2.24, 2.45) is 0 Å². The molecular formula is C21H21BrN4O2S. The average Bonchev–Trinajstić information content (AvgIpc) is 3.21. The van der Waals surface area contributed by atoms with E-state index in [1.807, 2.05) is 28.8 Å². The Kier molecular flexibility index (Phi) is 6.54. The van der Waals surface area contributed by atoms with Crippen LogP contribution in [0.1, 0.15) is 39.0 Å². The first kappa shape index (κ1) is 21.3. The highest BCUT2D eigenvalue weighted by molar-refractivity contribution is 9.10. The molecular weight excluding hydrogens is 452 g/mol. The molecule has 1 aromatic carbocycles. The van der Waals surface area contributed by atoms with Crippen LogP contribution < -0.4 is 0 Å². The van der Waals surface area contributed by atoms with E-state index in [2.05, 4.69) is 37.7 Å².